The third-order valence-electron chi connectivity index (χ3n) is 6.15. The van der Waals surface area contributed by atoms with Gasteiger partial charge >= 0.3 is 0 Å². The molecule has 3 N–H and O–H groups in total. The normalized spacial score (nSPS) is 15.7. The standard InChI is InChI=1S/C24H23Cl2N7O2/c1-13-10-18-21(28-12-31(18)2)23(32-9-8-14(27)11-32)20(13)29-24(35)17-6-7-19(34)33(30-17)22-15(25)4-3-5-16(22)26/h3-7,10,12,14H,8-9,11,27H2,1-2H3,(H,29,35)/t14-/m0/s1. The molecule has 0 aliphatic carbocycles. The highest BCUT2D eigenvalue weighted by Gasteiger charge is 2.27. The molecule has 1 fully saturated rings. The number of aryl methyl sites for hydroxylation is 2. The van der Waals surface area contributed by atoms with E-state index >= 15 is 0 Å². The number of hydrogen-bond donors (Lipinski definition) is 2. The summed E-state index contributed by atoms with van der Waals surface area (Å²) in [6.07, 6.45) is 2.60. The molecule has 0 spiro atoms. The molecule has 1 saturated heterocycles. The van der Waals surface area contributed by atoms with E-state index in [0.29, 0.717) is 12.2 Å². The Hall–Kier alpha value is -3.40. The number of amides is 1. The van der Waals surface area contributed by atoms with Crippen molar-refractivity contribution < 1.29 is 4.79 Å². The number of nitrogens with two attached hydrogens (primary N) is 1. The summed E-state index contributed by atoms with van der Waals surface area (Å²) in [6.45, 7) is 3.35. The first kappa shape index (κ1) is 23.3. The zero-order chi connectivity index (χ0) is 24.9. The highest BCUT2D eigenvalue weighted by Crippen LogP contribution is 2.38. The van der Waals surface area contributed by atoms with Crippen LogP contribution < -0.4 is 21.5 Å². The van der Waals surface area contributed by atoms with E-state index in [9.17, 15) is 9.59 Å². The Bertz CT molecular complexity index is 1510. The Morgan fingerprint density at radius 3 is 2.60 bits per heavy atom. The van der Waals surface area contributed by atoms with Gasteiger partial charge in [-0.25, -0.2) is 4.98 Å². The fourth-order valence-corrected chi connectivity index (χ4v) is 4.95. The average Bonchev–Trinajstić information content (AvgIpc) is 3.40. The monoisotopic (exact) mass is 511 g/mol. The van der Waals surface area contributed by atoms with Crippen LogP contribution in [0.4, 0.5) is 11.4 Å². The second kappa shape index (κ2) is 8.99. The predicted molar refractivity (Wildman–Crippen MR) is 138 cm³/mol. The molecular formula is C24H23Cl2N7O2. The van der Waals surface area contributed by atoms with Gasteiger partial charge in [0.05, 0.1) is 33.3 Å². The molecular weight excluding hydrogens is 489 g/mol. The fraction of sp³-hybridized carbons (Fsp3) is 0.250. The van der Waals surface area contributed by atoms with Gasteiger partial charge in [0.15, 0.2) is 0 Å². The minimum atomic E-state index is -0.481. The molecule has 5 rings (SSSR count). The quantitative estimate of drug-likeness (QED) is 0.433. The lowest BCUT2D eigenvalue weighted by Crippen LogP contribution is -2.28. The number of para-hydroxylation sites is 1. The molecule has 0 bridgehead atoms. The first-order valence-electron chi connectivity index (χ1n) is 11.1. The second-order valence-electron chi connectivity index (χ2n) is 8.63. The van der Waals surface area contributed by atoms with Gasteiger partial charge < -0.3 is 20.5 Å². The van der Waals surface area contributed by atoms with Crippen LogP contribution in [-0.2, 0) is 7.05 Å². The van der Waals surface area contributed by atoms with E-state index in [-0.39, 0.29) is 27.5 Å². The number of rotatable bonds is 4. The van der Waals surface area contributed by atoms with Crippen LogP contribution in [-0.4, -0.2) is 44.4 Å². The van der Waals surface area contributed by atoms with Gasteiger partial charge in [0.1, 0.15) is 16.9 Å². The van der Waals surface area contributed by atoms with Crippen molar-refractivity contribution in [3.63, 3.8) is 0 Å². The lowest BCUT2D eigenvalue weighted by molar-refractivity contribution is 0.102. The maximum Gasteiger partial charge on any atom is 0.276 e. The molecule has 0 radical (unpaired) electrons. The van der Waals surface area contributed by atoms with Gasteiger partial charge in [0, 0.05) is 32.2 Å². The van der Waals surface area contributed by atoms with Gasteiger partial charge in [-0.1, -0.05) is 29.3 Å². The number of benzene rings is 2. The number of carbonyl (C=O) groups is 1. The largest absolute Gasteiger partial charge is 0.366 e. The van der Waals surface area contributed by atoms with E-state index in [4.69, 9.17) is 28.9 Å². The molecule has 1 amide bonds. The van der Waals surface area contributed by atoms with Crippen molar-refractivity contribution in [3.05, 3.63) is 74.4 Å². The Balaban J connectivity index is 1.58. The molecule has 3 heterocycles. The molecule has 2 aromatic carbocycles. The lowest BCUT2D eigenvalue weighted by Gasteiger charge is -2.24. The van der Waals surface area contributed by atoms with E-state index in [1.54, 1.807) is 24.5 Å². The summed E-state index contributed by atoms with van der Waals surface area (Å²) in [5.41, 5.74) is 10.0. The third kappa shape index (κ3) is 4.16. The smallest absolute Gasteiger partial charge is 0.276 e. The van der Waals surface area contributed by atoms with Crippen LogP contribution in [0.15, 0.2) is 47.5 Å². The van der Waals surface area contributed by atoms with Crippen LogP contribution >= 0.6 is 23.2 Å². The molecule has 0 unspecified atom stereocenters. The molecule has 0 saturated carbocycles. The van der Waals surface area contributed by atoms with Gasteiger partial charge in [-0.15, -0.1) is 0 Å². The molecule has 4 aromatic rings. The van der Waals surface area contributed by atoms with Crippen LogP contribution in [0.5, 0.6) is 0 Å². The van der Waals surface area contributed by atoms with Crippen molar-refractivity contribution in [2.75, 3.05) is 23.3 Å². The molecule has 1 aliphatic rings. The predicted octanol–water partition coefficient (Wildman–Crippen LogP) is 3.52. The summed E-state index contributed by atoms with van der Waals surface area (Å²) in [6, 6.07) is 9.52. The van der Waals surface area contributed by atoms with Gasteiger partial charge in [-0.3, -0.25) is 9.59 Å². The molecule has 11 heteroatoms. The van der Waals surface area contributed by atoms with Crippen molar-refractivity contribution in [2.24, 2.45) is 12.8 Å². The Morgan fingerprint density at radius 1 is 1.17 bits per heavy atom. The first-order valence-corrected chi connectivity index (χ1v) is 11.8. The number of fused-ring (bicyclic) bond motifs is 1. The highest BCUT2D eigenvalue weighted by atomic mass is 35.5. The number of aromatic nitrogens is 4. The van der Waals surface area contributed by atoms with E-state index in [1.165, 1.54) is 12.1 Å². The first-order chi connectivity index (χ1) is 16.7. The van der Waals surface area contributed by atoms with Crippen LogP contribution in [0.3, 0.4) is 0 Å². The molecule has 1 aliphatic heterocycles. The van der Waals surface area contributed by atoms with Gasteiger partial charge in [0.25, 0.3) is 11.5 Å². The summed E-state index contributed by atoms with van der Waals surface area (Å²) in [7, 11) is 1.93. The van der Waals surface area contributed by atoms with Gasteiger partial charge in [-0.2, -0.15) is 9.78 Å². The minimum absolute atomic E-state index is 0.0326. The number of hydrogen-bond acceptors (Lipinski definition) is 6. The molecule has 1 atom stereocenters. The zero-order valence-electron chi connectivity index (χ0n) is 19.1. The molecule has 9 nitrogen and oxygen atoms in total. The topological polar surface area (TPSA) is 111 Å². The molecule has 35 heavy (non-hydrogen) atoms. The van der Waals surface area contributed by atoms with Crippen LogP contribution in [0, 0.1) is 6.92 Å². The SMILES string of the molecule is Cc1cc2c(ncn2C)c(N2CC[C@H](N)C2)c1NC(=O)c1ccc(=O)n(-c2c(Cl)cccc2Cl)n1. The van der Waals surface area contributed by atoms with Crippen molar-refractivity contribution >= 4 is 51.5 Å². The minimum Gasteiger partial charge on any atom is -0.366 e. The van der Waals surface area contributed by atoms with Crippen molar-refractivity contribution in [3.8, 4) is 5.69 Å². The molecule has 180 valence electrons. The number of halogens is 2. The van der Waals surface area contributed by atoms with E-state index < -0.39 is 11.5 Å². The van der Waals surface area contributed by atoms with E-state index in [2.05, 4.69) is 20.3 Å². The van der Waals surface area contributed by atoms with E-state index in [1.807, 2.05) is 24.6 Å². The maximum atomic E-state index is 13.4. The number of imidazole rings is 1. The number of nitrogens with one attached hydrogen (secondary N) is 1. The molecule has 2 aromatic heterocycles. The van der Waals surface area contributed by atoms with Crippen molar-refractivity contribution in [1.82, 2.24) is 19.3 Å². The Morgan fingerprint density at radius 2 is 1.91 bits per heavy atom. The highest BCUT2D eigenvalue weighted by molar-refractivity contribution is 6.37. The lowest BCUT2D eigenvalue weighted by atomic mass is 10.1. The zero-order valence-corrected chi connectivity index (χ0v) is 20.6. The van der Waals surface area contributed by atoms with Gasteiger partial charge in [-0.05, 0) is 43.2 Å². The van der Waals surface area contributed by atoms with Crippen LogP contribution in [0.1, 0.15) is 22.5 Å². The third-order valence-corrected chi connectivity index (χ3v) is 6.76. The summed E-state index contributed by atoms with van der Waals surface area (Å²) >= 11 is 12.5. The summed E-state index contributed by atoms with van der Waals surface area (Å²) in [5, 5.41) is 7.76. The number of carbonyl (C=O) groups excluding carboxylic acids is 1. The maximum absolute atomic E-state index is 13.4. The summed E-state index contributed by atoms with van der Waals surface area (Å²) in [4.78, 5) is 32.7. The van der Waals surface area contributed by atoms with Crippen LogP contribution in [0.2, 0.25) is 10.0 Å². The van der Waals surface area contributed by atoms with Gasteiger partial charge in [0.2, 0.25) is 0 Å². The summed E-state index contributed by atoms with van der Waals surface area (Å²) in [5.74, 6) is -0.481. The number of nitrogens with zero attached hydrogens (tertiary/aromatic N) is 5. The second-order valence-corrected chi connectivity index (χ2v) is 9.44. The van der Waals surface area contributed by atoms with Crippen molar-refractivity contribution in [2.45, 2.75) is 19.4 Å². The Kier molecular flexibility index (Phi) is 6.00. The number of anilines is 2. The summed E-state index contributed by atoms with van der Waals surface area (Å²) < 4.78 is 2.98. The fourth-order valence-electron chi connectivity index (χ4n) is 4.39. The van der Waals surface area contributed by atoms with Crippen LogP contribution in [0.25, 0.3) is 16.7 Å². The van der Waals surface area contributed by atoms with Crippen molar-refractivity contribution in [1.29, 1.82) is 0 Å². The van der Waals surface area contributed by atoms with E-state index in [0.717, 1.165) is 39.9 Å². The average molecular weight is 512 g/mol. The Labute approximate surface area is 211 Å².